The fourth-order valence-electron chi connectivity index (χ4n) is 4.19. The predicted octanol–water partition coefficient (Wildman–Crippen LogP) is 4.66. The third-order valence-electron chi connectivity index (χ3n) is 6.32. The van der Waals surface area contributed by atoms with E-state index >= 15 is 0 Å². The van der Waals surface area contributed by atoms with Crippen molar-refractivity contribution in [1.82, 2.24) is 9.21 Å². The smallest absolute Gasteiger partial charge is 0.243 e. The lowest BCUT2D eigenvalue weighted by Crippen LogP contribution is -2.40. The minimum Gasteiger partial charge on any atom is -0.378 e. The Morgan fingerprint density at radius 2 is 1.69 bits per heavy atom. The molecule has 1 aliphatic heterocycles. The van der Waals surface area contributed by atoms with Crippen LogP contribution in [0.15, 0.2) is 33.6 Å². The summed E-state index contributed by atoms with van der Waals surface area (Å²) >= 11 is 3.36. The summed E-state index contributed by atoms with van der Waals surface area (Å²) in [7, 11) is -1.73. The minimum absolute atomic E-state index is 0.0602. The molecule has 3 rings (SSSR count). The lowest BCUT2D eigenvalue weighted by molar-refractivity contribution is 0.0156. The van der Waals surface area contributed by atoms with Gasteiger partial charge in [0.25, 0.3) is 0 Å². The number of rotatable bonds is 11. The second-order valence-corrected chi connectivity index (χ2v) is 11.3. The molecule has 1 aliphatic carbocycles. The van der Waals surface area contributed by atoms with Crippen LogP contribution in [0.3, 0.4) is 0 Å². The van der Waals surface area contributed by atoms with Crippen LogP contribution in [0.4, 0.5) is 0 Å². The molecule has 1 aromatic rings. The number of hydrogen-bond donors (Lipinski definition) is 0. The van der Waals surface area contributed by atoms with Crippen LogP contribution in [0.2, 0.25) is 0 Å². The molecule has 164 valence electrons. The maximum atomic E-state index is 12.9. The first-order chi connectivity index (χ1) is 14.0. The fraction of sp³-hybridized carbons (Fsp3) is 0.727. The molecule has 0 unspecified atom stereocenters. The Morgan fingerprint density at radius 1 is 1.03 bits per heavy atom. The number of ether oxygens (including phenoxy) is 1. The molecule has 0 N–H and O–H groups in total. The average molecular weight is 488 g/mol. The van der Waals surface area contributed by atoms with Crippen LogP contribution in [0, 0.1) is 0 Å². The molecular weight excluding hydrogens is 452 g/mol. The van der Waals surface area contributed by atoms with E-state index in [9.17, 15) is 8.42 Å². The molecule has 0 spiro atoms. The molecule has 1 saturated heterocycles. The van der Waals surface area contributed by atoms with E-state index in [1.54, 1.807) is 35.6 Å². The predicted molar refractivity (Wildman–Crippen MR) is 121 cm³/mol. The van der Waals surface area contributed by atoms with Crippen LogP contribution in [0.1, 0.15) is 57.8 Å². The Bertz CT molecular complexity index is 714. The summed E-state index contributed by atoms with van der Waals surface area (Å²) in [5.74, 6) is 0. The van der Waals surface area contributed by atoms with Gasteiger partial charge in [-0.1, -0.05) is 28.8 Å². The molecule has 1 saturated carbocycles. The summed E-state index contributed by atoms with van der Waals surface area (Å²) in [4.78, 5) is 2.89. The van der Waals surface area contributed by atoms with Crippen LogP contribution in [-0.2, 0) is 14.8 Å². The Labute approximate surface area is 185 Å². The second kappa shape index (κ2) is 11.2. The first-order valence-corrected chi connectivity index (χ1v) is 13.3. The van der Waals surface area contributed by atoms with Gasteiger partial charge in [-0.3, -0.25) is 0 Å². The van der Waals surface area contributed by atoms with E-state index < -0.39 is 10.0 Å². The summed E-state index contributed by atoms with van der Waals surface area (Å²) in [6.07, 6.45) is 10.3. The summed E-state index contributed by atoms with van der Waals surface area (Å²) in [6.45, 7) is 4.70. The lowest BCUT2D eigenvalue weighted by Gasteiger charge is -2.34. The number of halogens is 1. The SMILES string of the molecule is CN([C@H]1CC[C@H](OCCCCCCN2CCC2)CC1)S(=O)(=O)c1ccc(Br)cc1. The van der Waals surface area contributed by atoms with Crippen LogP contribution < -0.4 is 0 Å². The van der Waals surface area contributed by atoms with E-state index in [1.807, 2.05) is 0 Å². The fourth-order valence-corrected chi connectivity index (χ4v) is 5.87. The van der Waals surface area contributed by atoms with Gasteiger partial charge < -0.3 is 9.64 Å². The van der Waals surface area contributed by atoms with Gasteiger partial charge in [-0.2, -0.15) is 4.31 Å². The summed E-state index contributed by atoms with van der Waals surface area (Å²) in [5.41, 5.74) is 0. The van der Waals surface area contributed by atoms with Gasteiger partial charge >= 0.3 is 0 Å². The van der Waals surface area contributed by atoms with Crippen molar-refractivity contribution in [1.29, 1.82) is 0 Å². The van der Waals surface area contributed by atoms with Crippen molar-refractivity contribution in [2.75, 3.05) is 33.3 Å². The summed E-state index contributed by atoms with van der Waals surface area (Å²) in [5, 5.41) is 0. The molecular formula is C22H35BrN2O3S. The van der Waals surface area contributed by atoms with Gasteiger partial charge in [0, 0.05) is 24.2 Å². The highest BCUT2D eigenvalue weighted by molar-refractivity contribution is 9.10. The highest BCUT2D eigenvalue weighted by atomic mass is 79.9. The molecule has 0 amide bonds. The maximum absolute atomic E-state index is 12.9. The Hall–Kier alpha value is -0.470. The molecule has 5 nitrogen and oxygen atoms in total. The van der Waals surface area contributed by atoms with Gasteiger partial charge in [0.2, 0.25) is 10.0 Å². The third kappa shape index (κ3) is 6.76. The van der Waals surface area contributed by atoms with Crippen LogP contribution in [0.25, 0.3) is 0 Å². The molecule has 0 bridgehead atoms. The van der Waals surface area contributed by atoms with Gasteiger partial charge in [0.1, 0.15) is 0 Å². The Morgan fingerprint density at radius 3 is 2.31 bits per heavy atom. The van der Waals surface area contributed by atoms with Gasteiger partial charge in [0.15, 0.2) is 0 Å². The first kappa shape index (κ1) is 23.2. The minimum atomic E-state index is -3.44. The van der Waals surface area contributed by atoms with Gasteiger partial charge in [-0.05, 0) is 88.8 Å². The quantitative estimate of drug-likeness (QED) is 0.426. The Balaban J connectivity index is 1.31. The van der Waals surface area contributed by atoms with E-state index in [0.29, 0.717) is 4.90 Å². The van der Waals surface area contributed by atoms with Crippen molar-refractivity contribution in [2.24, 2.45) is 0 Å². The lowest BCUT2D eigenvalue weighted by atomic mass is 9.93. The number of sulfonamides is 1. The van der Waals surface area contributed by atoms with Crippen molar-refractivity contribution < 1.29 is 13.2 Å². The third-order valence-corrected chi connectivity index (χ3v) is 8.77. The van der Waals surface area contributed by atoms with Crippen molar-refractivity contribution in [2.45, 2.75) is 74.8 Å². The Kier molecular flexibility index (Phi) is 8.99. The highest BCUT2D eigenvalue weighted by Gasteiger charge is 2.31. The second-order valence-electron chi connectivity index (χ2n) is 8.39. The highest BCUT2D eigenvalue weighted by Crippen LogP contribution is 2.28. The average Bonchev–Trinajstić information content (AvgIpc) is 2.69. The summed E-state index contributed by atoms with van der Waals surface area (Å²) in [6, 6.07) is 6.93. The monoisotopic (exact) mass is 486 g/mol. The molecule has 1 aromatic carbocycles. The molecule has 2 aliphatic rings. The van der Waals surface area contributed by atoms with Gasteiger partial charge in [-0.15, -0.1) is 0 Å². The zero-order chi connectivity index (χ0) is 20.7. The normalized spacial score (nSPS) is 23.3. The van der Waals surface area contributed by atoms with Crippen LogP contribution in [-0.4, -0.2) is 63.1 Å². The topological polar surface area (TPSA) is 49.9 Å². The van der Waals surface area contributed by atoms with Crippen molar-refractivity contribution in [3.8, 4) is 0 Å². The van der Waals surface area contributed by atoms with Gasteiger partial charge in [-0.25, -0.2) is 8.42 Å². The standard InChI is InChI=1S/C22H35BrN2O3S/c1-24(29(26,27)22-13-7-19(23)8-14-22)20-9-11-21(12-10-20)28-18-5-3-2-4-15-25-16-6-17-25/h7-8,13-14,20-21H,2-6,9-12,15-18H2,1H3/t20-,21-. The number of hydrogen-bond acceptors (Lipinski definition) is 4. The van der Waals surface area contributed by atoms with Crippen molar-refractivity contribution in [3.63, 3.8) is 0 Å². The van der Waals surface area contributed by atoms with E-state index in [-0.39, 0.29) is 12.1 Å². The zero-order valence-electron chi connectivity index (χ0n) is 17.6. The van der Waals surface area contributed by atoms with E-state index in [1.165, 1.54) is 45.3 Å². The van der Waals surface area contributed by atoms with Crippen molar-refractivity contribution >= 4 is 26.0 Å². The van der Waals surface area contributed by atoms with E-state index in [4.69, 9.17) is 4.74 Å². The molecule has 2 fully saturated rings. The number of benzene rings is 1. The maximum Gasteiger partial charge on any atom is 0.243 e. The molecule has 1 heterocycles. The first-order valence-electron chi connectivity index (χ1n) is 11.0. The number of nitrogens with zero attached hydrogens (tertiary/aromatic N) is 2. The molecule has 0 atom stereocenters. The molecule has 0 aromatic heterocycles. The van der Waals surface area contributed by atoms with E-state index in [2.05, 4.69) is 20.8 Å². The summed E-state index contributed by atoms with van der Waals surface area (Å²) < 4.78 is 34.2. The van der Waals surface area contributed by atoms with Crippen LogP contribution in [0.5, 0.6) is 0 Å². The molecule has 0 radical (unpaired) electrons. The largest absolute Gasteiger partial charge is 0.378 e. The van der Waals surface area contributed by atoms with Gasteiger partial charge in [0.05, 0.1) is 11.0 Å². The number of unbranched alkanes of at least 4 members (excludes halogenated alkanes) is 3. The zero-order valence-corrected chi connectivity index (χ0v) is 20.0. The number of likely N-dealkylation sites (tertiary alicyclic amines) is 1. The van der Waals surface area contributed by atoms with Crippen molar-refractivity contribution in [3.05, 3.63) is 28.7 Å². The molecule has 7 heteroatoms. The molecule has 29 heavy (non-hydrogen) atoms. The van der Waals surface area contributed by atoms with Crippen LogP contribution >= 0.6 is 15.9 Å². The van der Waals surface area contributed by atoms with E-state index in [0.717, 1.165) is 43.2 Å².